The molecular formula is C37H29F5N2O4S. The molecule has 0 bridgehead atoms. The van der Waals surface area contributed by atoms with Crippen molar-refractivity contribution in [2.75, 3.05) is 5.75 Å². The van der Waals surface area contributed by atoms with Crippen LogP contribution in [0, 0.1) is 29.1 Å². The second kappa shape index (κ2) is 15.3. The number of nitrogens with zero attached hydrogens (tertiary/aromatic N) is 1. The van der Waals surface area contributed by atoms with E-state index in [2.05, 4.69) is 10.3 Å². The zero-order valence-electron chi connectivity index (χ0n) is 25.7. The smallest absolute Gasteiger partial charge is 0.257 e. The molecule has 0 radical (unpaired) electrons. The zero-order valence-corrected chi connectivity index (χ0v) is 26.5. The fraction of sp³-hybridized carbons (Fsp3) is 0.189. The fourth-order valence-corrected chi connectivity index (χ4v) is 6.36. The summed E-state index contributed by atoms with van der Waals surface area (Å²) in [5.74, 6) is -11.9. The molecule has 2 N–H and O–H groups in total. The minimum Gasteiger partial charge on any atom is -0.392 e. The topological polar surface area (TPSA) is 80.7 Å². The highest BCUT2D eigenvalue weighted by atomic mass is 32.2. The van der Waals surface area contributed by atoms with Crippen molar-refractivity contribution in [3.63, 3.8) is 0 Å². The Hall–Kier alpha value is -4.62. The lowest BCUT2D eigenvalue weighted by Gasteiger charge is -2.36. The maximum Gasteiger partial charge on any atom is 0.257 e. The molecule has 0 aliphatic carbocycles. The van der Waals surface area contributed by atoms with Crippen LogP contribution in [0.25, 0.3) is 11.1 Å². The molecule has 2 heterocycles. The van der Waals surface area contributed by atoms with E-state index in [9.17, 15) is 31.9 Å². The van der Waals surface area contributed by atoms with Gasteiger partial charge in [0.1, 0.15) is 5.56 Å². The monoisotopic (exact) mass is 692 g/mol. The third-order valence-electron chi connectivity index (χ3n) is 8.06. The van der Waals surface area contributed by atoms with Crippen molar-refractivity contribution in [2.45, 2.75) is 43.1 Å². The molecule has 49 heavy (non-hydrogen) atoms. The normalized spacial score (nSPS) is 17.6. The molecule has 252 valence electrons. The molecule has 4 aromatic carbocycles. The van der Waals surface area contributed by atoms with Crippen molar-refractivity contribution in [3.05, 3.63) is 154 Å². The third-order valence-corrected chi connectivity index (χ3v) is 9.13. The Kier molecular flexibility index (Phi) is 10.7. The molecular weight excluding hydrogens is 663 g/mol. The van der Waals surface area contributed by atoms with Gasteiger partial charge in [-0.05, 0) is 39.9 Å². The van der Waals surface area contributed by atoms with Gasteiger partial charge in [0, 0.05) is 30.5 Å². The Balaban J connectivity index is 1.20. The summed E-state index contributed by atoms with van der Waals surface area (Å²) in [5, 5.41) is 12.6. The first-order chi connectivity index (χ1) is 23.7. The molecule has 6 rings (SSSR count). The van der Waals surface area contributed by atoms with E-state index < -0.39 is 46.8 Å². The number of aliphatic hydroxyl groups is 1. The predicted molar refractivity (Wildman–Crippen MR) is 173 cm³/mol. The average Bonchev–Trinajstić information content (AvgIpc) is 3.15. The highest BCUT2D eigenvalue weighted by molar-refractivity contribution is 7.99. The second-order valence-electron chi connectivity index (χ2n) is 11.2. The van der Waals surface area contributed by atoms with Gasteiger partial charge in [0.15, 0.2) is 29.6 Å². The Morgan fingerprint density at radius 3 is 2.12 bits per heavy atom. The zero-order chi connectivity index (χ0) is 34.5. The summed E-state index contributed by atoms with van der Waals surface area (Å²) in [6.45, 7) is -0.314. The van der Waals surface area contributed by atoms with E-state index in [1.807, 2.05) is 66.7 Å². The van der Waals surface area contributed by atoms with Crippen LogP contribution < -0.4 is 5.32 Å². The van der Waals surface area contributed by atoms with E-state index in [-0.39, 0.29) is 25.4 Å². The van der Waals surface area contributed by atoms with Crippen LogP contribution in [0.3, 0.4) is 0 Å². The summed E-state index contributed by atoms with van der Waals surface area (Å²) >= 11 is 1.59. The standard InChI is InChI=1S/C37H29F5N2O4S/c38-31-30(32(39)34(41)35(42)33(31)40)36(46)44-18-25-5-1-2-6-27(25)22-12-14-24(15-13-22)37-47-26(20-49-29-7-3-4-16-43-29)17-28(48-37)23-10-8-21(19-45)9-11-23/h1-16,26,28,37,45H,17-20H2,(H,44,46). The lowest BCUT2D eigenvalue weighted by Crippen LogP contribution is -2.31. The van der Waals surface area contributed by atoms with Gasteiger partial charge < -0.3 is 19.9 Å². The quantitative estimate of drug-likeness (QED) is 0.0665. The largest absolute Gasteiger partial charge is 0.392 e. The van der Waals surface area contributed by atoms with Crippen LogP contribution in [0.15, 0.2) is 102 Å². The molecule has 1 fully saturated rings. The maximum absolute atomic E-state index is 14.2. The number of carbonyl (C=O) groups excluding carboxylic acids is 1. The molecule has 1 saturated heterocycles. The van der Waals surface area contributed by atoms with Gasteiger partial charge in [-0.2, -0.15) is 0 Å². The Labute approximate surface area is 282 Å². The fourth-order valence-electron chi connectivity index (χ4n) is 5.48. The third kappa shape index (κ3) is 7.67. The number of amides is 1. The molecule has 0 saturated carbocycles. The van der Waals surface area contributed by atoms with Gasteiger partial charge in [-0.25, -0.2) is 26.9 Å². The predicted octanol–water partition coefficient (Wildman–Crippen LogP) is 8.20. The first-order valence-electron chi connectivity index (χ1n) is 15.3. The average molecular weight is 693 g/mol. The minimum absolute atomic E-state index is 0.0615. The first-order valence-corrected chi connectivity index (χ1v) is 16.2. The molecule has 3 unspecified atom stereocenters. The van der Waals surface area contributed by atoms with E-state index >= 15 is 0 Å². The molecule has 1 amide bonds. The number of aliphatic hydroxyl groups excluding tert-OH is 1. The van der Waals surface area contributed by atoms with E-state index in [0.29, 0.717) is 23.3 Å². The maximum atomic E-state index is 14.2. The molecule has 0 spiro atoms. The molecule has 6 nitrogen and oxygen atoms in total. The summed E-state index contributed by atoms with van der Waals surface area (Å²) in [4.78, 5) is 17.0. The number of halogens is 5. The number of aromatic nitrogens is 1. The van der Waals surface area contributed by atoms with Gasteiger partial charge in [-0.15, -0.1) is 11.8 Å². The summed E-state index contributed by atoms with van der Waals surface area (Å²) in [6.07, 6.45) is 1.20. The molecule has 12 heteroatoms. The van der Waals surface area contributed by atoms with Crippen molar-refractivity contribution in [2.24, 2.45) is 0 Å². The van der Waals surface area contributed by atoms with Crippen LogP contribution >= 0.6 is 11.8 Å². The van der Waals surface area contributed by atoms with Crippen LogP contribution in [0.1, 0.15) is 51.4 Å². The van der Waals surface area contributed by atoms with Crippen molar-refractivity contribution < 1.29 is 41.3 Å². The van der Waals surface area contributed by atoms with Crippen molar-refractivity contribution in [1.82, 2.24) is 10.3 Å². The van der Waals surface area contributed by atoms with Crippen molar-refractivity contribution in [3.8, 4) is 11.1 Å². The van der Waals surface area contributed by atoms with Gasteiger partial charge in [0.25, 0.3) is 5.91 Å². The van der Waals surface area contributed by atoms with Gasteiger partial charge in [0.05, 0.1) is 23.8 Å². The summed E-state index contributed by atoms with van der Waals surface area (Å²) < 4.78 is 82.0. The second-order valence-corrected chi connectivity index (χ2v) is 12.3. The number of pyridine rings is 1. The van der Waals surface area contributed by atoms with Crippen LogP contribution in [0.4, 0.5) is 22.0 Å². The Morgan fingerprint density at radius 2 is 1.45 bits per heavy atom. The van der Waals surface area contributed by atoms with Gasteiger partial charge in [0.2, 0.25) is 5.82 Å². The lowest BCUT2D eigenvalue weighted by molar-refractivity contribution is -0.245. The Morgan fingerprint density at radius 1 is 0.796 bits per heavy atom. The number of nitrogens with one attached hydrogen (secondary N) is 1. The number of hydrogen-bond acceptors (Lipinski definition) is 6. The number of carbonyl (C=O) groups is 1. The SMILES string of the molecule is O=C(NCc1ccccc1-c1ccc(C2OC(CSc3ccccn3)CC(c3ccc(CO)cc3)O2)cc1)c1c(F)c(F)c(F)c(F)c1F. The van der Waals surface area contributed by atoms with Crippen molar-refractivity contribution >= 4 is 17.7 Å². The number of thioether (sulfide) groups is 1. The summed E-state index contributed by atoms with van der Waals surface area (Å²) in [6, 6.07) is 27.6. The highest BCUT2D eigenvalue weighted by Gasteiger charge is 2.33. The summed E-state index contributed by atoms with van der Waals surface area (Å²) in [5.41, 5.74) is 2.90. The number of hydrogen-bond donors (Lipinski definition) is 2. The molecule has 3 atom stereocenters. The molecule has 5 aromatic rings. The van der Waals surface area contributed by atoms with E-state index in [4.69, 9.17) is 9.47 Å². The van der Waals surface area contributed by atoms with Crippen LogP contribution in [-0.4, -0.2) is 27.9 Å². The van der Waals surface area contributed by atoms with Gasteiger partial charge in [-0.3, -0.25) is 4.79 Å². The molecule has 1 aliphatic heterocycles. The van der Waals surface area contributed by atoms with Crippen molar-refractivity contribution in [1.29, 1.82) is 0 Å². The first kappa shape index (κ1) is 34.3. The van der Waals surface area contributed by atoms with Crippen LogP contribution in [-0.2, 0) is 22.6 Å². The highest BCUT2D eigenvalue weighted by Crippen LogP contribution is 2.40. The van der Waals surface area contributed by atoms with Crippen LogP contribution in [0.5, 0.6) is 0 Å². The number of ether oxygens (including phenoxy) is 2. The molecule has 1 aliphatic rings. The number of benzene rings is 4. The van der Waals surface area contributed by atoms with E-state index in [1.54, 1.807) is 42.2 Å². The number of rotatable bonds is 10. The van der Waals surface area contributed by atoms with Gasteiger partial charge in [-0.1, -0.05) is 78.9 Å². The lowest BCUT2D eigenvalue weighted by atomic mass is 9.97. The van der Waals surface area contributed by atoms with Gasteiger partial charge >= 0.3 is 0 Å². The van der Waals surface area contributed by atoms with E-state index in [1.165, 1.54) is 0 Å². The van der Waals surface area contributed by atoms with E-state index in [0.717, 1.165) is 27.3 Å². The van der Waals surface area contributed by atoms with Crippen LogP contribution in [0.2, 0.25) is 0 Å². The molecule has 1 aromatic heterocycles. The minimum atomic E-state index is -2.34. The Bertz CT molecular complexity index is 1900. The summed E-state index contributed by atoms with van der Waals surface area (Å²) in [7, 11) is 0.